The monoisotopic (exact) mass is 436 g/mol. The van der Waals surface area contributed by atoms with Crippen molar-refractivity contribution in [2.24, 2.45) is 0 Å². The molecule has 0 bridgehead atoms. The molecule has 0 aliphatic rings. The molecule has 0 radical (unpaired) electrons. The Bertz CT molecular complexity index is 494. The molecule has 6 nitrogen and oxygen atoms in total. The highest BCUT2D eigenvalue weighted by atomic mass is 79.9. The third-order valence-electron chi connectivity index (χ3n) is 1.08. The molecule has 88 valence electrons. The van der Waals surface area contributed by atoms with Gasteiger partial charge >= 0.3 is 5.69 Å². The van der Waals surface area contributed by atoms with E-state index in [1.807, 2.05) is 0 Å². The first-order chi connectivity index (χ1) is 7.15. The van der Waals surface area contributed by atoms with E-state index in [2.05, 4.69) is 52.8 Å². The van der Waals surface area contributed by atoms with E-state index in [-0.39, 0.29) is 0 Å². The second kappa shape index (κ2) is 6.63. The van der Waals surface area contributed by atoms with Crippen LogP contribution in [0.25, 0.3) is 4.98 Å². The van der Waals surface area contributed by atoms with Crippen molar-refractivity contribution in [3.8, 4) is 0 Å². The Kier molecular flexibility index (Phi) is 6.61. The van der Waals surface area contributed by atoms with Gasteiger partial charge in [-0.1, -0.05) is 15.9 Å². The number of benzene rings is 1. The van der Waals surface area contributed by atoms with E-state index < -0.39 is 10.4 Å². The van der Waals surface area contributed by atoms with Gasteiger partial charge < -0.3 is 4.55 Å². The van der Waals surface area contributed by atoms with Crippen LogP contribution in [-0.2, 0) is 10.4 Å². The average Bonchev–Trinajstić information content (AvgIpc) is 1.99. The largest absolute Gasteiger partial charge is 0.726 e. The highest BCUT2D eigenvalue weighted by Crippen LogP contribution is 2.36. The van der Waals surface area contributed by atoms with E-state index >= 15 is 0 Å². The molecule has 0 spiro atoms. The normalized spacial score (nSPS) is 10.0. The minimum atomic E-state index is -4.92. The zero-order chi connectivity index (χ0) is 12.9. The summed E-state index contributed by atoms with van der Waals surface area (Å²) in [6.45, 7) is 0. The summed E-state index contributed by atoms with van der Waals surface area (Å²) in [6, 6.07) is 3.61. The van der Waals surface area contributed by atoms with Crippen molar-refractivity contribution in [1.82, 2.24) is 0 Å². The lowest BCUT2D eigenvalue weighted by atomic mass is 10.3. The van der Waals surface area contributed by atoms with Crippen molar-refractivity contribution >= 4 is 63.9 Å². The van der Waals surface area contributed by atoms with Crippen LogP contribution in [0.2, 0.25) is 0 Å². The topological polar surface area (TPSA) is 106 Å². The molecule has 0 saturated heterocycles. The summed E-state index contributed by atoms with van der Waals surface area (Å²) in [4.78, 5) is 3.10. The Morgan fingerprint density at radius 1 is 1.25 bits per heavy atom. The van der Waals surface area contributed by atoms with Gasteiger partial charge in [-0.3, -0.25) is 4.55 Å². The molecule has 1 rings (SSSR count). The number of diazo groups is 1. The van der Waals surface area contributed by atoms with Crippen molar-refractivity contribution in [1.29, 1.82) is 5.39 Å². The number of hydrogen-bond donors (Lipinski definition) is 1. The van der Waals surface area contributed by atoms with Crippen molar-refractivity contribution in [3.05, 3.63) is 30.5 Å². The first-order valence-corrected chi connectivity index (χ1v) is 7.07. The van der Waals surface area contributed by atoms with Gasteiger partial charge in [0.2, 0.25) is 15.8 Å². The van der Waals surface area contributed by atoms with Crippen molar-refractivity contribution in [2.45, 2.75) is 0 Å². The van der Waals surface area contributed by atoms with E-state index in [0.29, 0.717) is 5.69 Å². The average molecular weight is 439 g/mol. The Morgan fingerprint density at radius 3 is 1.81 bits per heavy atom. The fourth-order valence-corrected chi connectivity index (χ4v) is 3.05. The van der Waals surface area contributed by atoms with Gasteiger partial charge in [-0.15, -0.1) is 0 Å². The van der Waals surface area contributed by atoms with Gasteiger partial charge in [0.05, 0.1) is 0 Å². The van der Waals surface area contributed by atoms with E-state index in [1.54, 1.807) is 12.1 Å². The van der Waals surface area contributed by atoms with Crippen LogP contribution in [0.4, 0.5) is 5.69 Å². The lowest BCUT2D eigenvalue weighted by Gasteiger charge is -1.90. The molecule has 0 aliphatic heterocycles. The molecule has 0 fully saturated rings. The minimum absolute atomic E-state index is 0.494. The summed E-state index contributed by atoms with van der Waals surface area (Å²) in [5, 5.41) is 8.54. The number of halogens is 3. The van der Waals surface area contributed by atoms with Crippen LogP contribution in [0.15, 0.2) is 25.6 Å². The molecule has 16 heavy (non-hydrogen) atoms. The number of hydrogen-bond acceptors (Lipinski definition) is 4. The molecule has 1 aromatic rings. The predicted molar refractivity (Wildman–Crippen MR) is 66.6 cm³/mol. The molecule has 10 heteroatoms. The third-order valence-corrected chi connectivity index (χ3v) is 2.75. The van der Waals surface area contributed by atoms with Crippen molar-refractivity contribution < 1.29 is 17.5 Å². The van der Waals surface area contributed by atoms with Gasteiger partial charge in [0.1, 0.15) is 8.95 Å². The zero-order valence-electron chi connectivity index (χ0n) is 7.26. The van der Waals surface area contributed by atoms with E-state index in [4.69, 9.17) is 22.9 Å². The maximum atomic E-state index is 8.63. The van der Waals surface area contributed by atoms with Crippen LogP contribution in [-0.4, -0.2) is 17.5 Å². The Morgan fingerprint density at radius 2 is 1.56 bits per heavy atom. The van der Waals surface area contributed by atoms with Gasteiger partial charge in [-0.05, 0) is 44.0 Å². The second-order valence-corrected chi connectivity index (χ2v) is 5.73. The first kappa shape index (κ1) is 16.0. The van der Waals surface area contributed by atoms with Gasteiger partial charge in [0.15, 0.2) is 4.98 Å². The van der Waals surface area contributed by atoms with Crippen LogP contribution in [0.1, 0.15) is 0 Å². The number of rotatable bonds is 0. The third kappa shape index (κ3) is 7.26. The fourth-order valence-electron chi connectivity index (χ4n) is 0.630. The molecule has 1 N–H and O–H groups in total. The summed E-state index contributed by atoms with van der Waals surface area (Å²) in [5.74, 6) is 0. The lowest BCUT2D eigenvalue weighted by Crippen LogP contribution is -1.90. The van der Waals surface area contributed by atoms with Crippen LogP contribution in [0, 0.1) is 5.39 Å². The molecule has 0 aromatic heterocycles. The van der Waals surface area contributed by atoms with Crippen LogP contribution in [0.5, 0.6) is 0 Å². The molecule has 0 heterocycles. The van der Waals surface area contributed by atoms with Crippen LogP contribution >= 0.6 is 47.8 Å². The SMILES string of the molecule is N#[N+]c1c(Br)cc(Br)cc1Br.O=S(=O)([O-])O. The molecule has 0 saturated carbocycles. The Balaban J connectivity index is 0.000000385. The maximum absolute atomic E-state index is 8.63. The fraction of sp³-hybridized carbons (Fsp3) is 0. The first-order valence-electron chi connectivity index (χ1n) is 3.33. The quantitative estimate of drug-likeness (QED) is 0.379. The predicted octanol–water partition coefficient (Wildman–Crippen LogP) is 3.46. The molecule has 0 aliphatic carbocycles. The summed E-state index contributed by atoms with van der Waals surface area (Å²) in [7, 11) is -4.92. The second-order valence-electron chi connectivity index (χ2n) is 2.25. The van der Waals surface area contributed by atoms with Crippen LogP contribution < -0.4 is 0 Å². The van der Waals surface area contributed by atoms with E-state index in [1.165, 1.54) is 0 Å². The highest BCUT2D eigenvalue weighted by Gasteiger charge is 2.17. The minimum Gasteiger partial charge on any atom is -0.726 e. The molecular formula is C6H3Br3N2O4S. The van der Waals surface area contributed by atoms with E-state index in [0.717, 1.165) is 13.4 Å². The molecular weight excluding hydrogens is 436 g/mol. The summed E-state index contributed by atoms with van der Waals surface area (Å²) in [5.41, 5.74) is 0.494. The summed E-state index contributed by atoms with van der Waals surface area (Å²) >= 11 is 9.78. The number of nitrogens with zero attached hydrogens (tertiary/aromatic N) is 2. The standard InChI is InChI=1S/C6H2Br3N2.H2O4S/c7-3-1-4(8)6(11-10)5(9)2-3;1-5(2,3)4/h1-2H;(H2,1,2,3,4)/q+1;/p-1. The molecule has 0 amide bonds. The van der Waals surface area contributed by atoms with Crippen molar-refractivity contribution in [3.63, 3.8) is 0 Å². The smallest absolute Gasteiger partial charge is 0.413 e. The van der Waals surface area contributed by atoms with Gasteiger partial charge in [0.25, 0.3) is 0 Å². The van der Waals surface area contributed by atoms with E-state index in [9.17, 15) is 0 Å². The Hall–Kier alpha value is -0.0500. The zero-order valence-corrected chi connectivity index (χ0v) is 12.8. The summed E-state index contributed by atoms with van der Waals surface area (Å²) in [6.07, 6.45) is 0. The van der Waals surface area contributed by atoms with Gasteiger partial charge in [-0.25, -0.2) is 8.42 Å². The maximum Gasteiger partial charge on any atom is 0.413 e. The van der Waals surface area contributed by atoms with Gasteiger partial charge in [-0.2, -0.15) is 0 Å². The Labute approximate surface area is 117 Å². The van der Waals surface area contributed by atoms with Crippen molar-refractivity contribution in [2.75, 3.05) is 0 Å². The lowest BCUT2D eigenvalue weighted by molar-refractivity contribution is 0.366. The van der Waals surface area contributed by atoms with Gasteiger partial charge in [0, 0.05) is 4.47 Å². The molecule has 0 atom stereocenters. The molecule has 1 aromatic carbocycles. The van der Waals surface area contributed by atoms with Crippen LogP contribution in [0.3, 0.4) is 0 Å². The molecule has 0 unspecified atom stereocenters. The highest BCUT2D eigenvalue weighted by molar-refractivity contribution is 9.11. The summed E-state index contributed by atoms with van der Waals surface area (Å²) < 4.78 is 35.2.